The predicted octanol–water partition coefficient (Wildman–Crippen LogP) is 17.3. The molecule has 0 saturated heterocycles. The molecule has 1 aliphatic rings. The Labute approximate surface area is 437 Å². The third kappa shape index (κ3) is 6.12. The van der Waals surface area contributed by atoms with Crippen LogP contribution in [0.25, 0.3) is 122 Å². The Balaban J connectivity index is 0.920. The molecule has 15 aromatic rings. The van der Waals surface area contributed by atoms with E-state index in [-0.39, 0.29) is 0 Å². The normalized spacial score (nSPS) is 12.8. The SMILES string of the molecule is c1ccc(-c2cccc3oc4cc(-c5nc(-c6cccc(-n7c8ccccc8c8cc9c(cc87)C(c7ccccc7)(c7ccccc7)c7ccccc7-9)c6)nc(-n6c7ccccc7c7ccccc76)n5)ccc4c23)cc1. The van der Waals surface area contributed by atoms with Gasteiger partial charge in [-0.15, -0.1) is 0 Å². The minimum Gasteiger partial charge on any atom is -0.456 e. The molecule has 16 rings (SSSR count). The topological polar surface area (TPSA) is 61.7 Å². The van der Waals surface area contributed by atoms with Crippen molar-refractivity contribution in [2.45, 2.75) is 5.41 Å². The van der Waals surface area contributed by atoms with E-state index in [2.05, 4.69) is 258 Å². The molecule has 0 spiro atoms. The van der Waals surface area contributed by atoms with E-state index in [0.717, 1.165) is 82.7 Å². The highest BCUT2D eigenvalue weighted by atomic mass is 16.3. The van der Waals surface area contributed by atoms with Crippen molar-refractivity contribution < 1.29 is 4.42 Å². The van der Waals surface area contributed by atoms with Gasteiger partial charge in [-0.2, -0.15) is 9.97 Å². The molecule has 1 aliphatic carbocycles. The number of hydrogen-bond acceptors (Lipinski definition) is 4. The molecule has 11 aromatic carbocycles. The van der Waals surface area contributed by atoms with E-state index in [1.54, 1.807) is 0 Å². The number of furan rings is 1. The van der Waals surface area contributed by atoms with Crippen LogP contribution in [0.2, 0.25) is 0 Å². The zero-order valence-electron chi connectivity index (χ0n) is 41.0. The lowest BCUT2D eigenvalue weighted by Gasteiger charge is -2.34. The fourth-order valence-electron chi connectivity index (χ4n) is 12.6. The van der Waals surface area contributed by atoms with Gasteiger partial charge >= 0.3 is 0 Å². The van der Waals surface area contributed by atoms with Crippen LogP contribution in [0.5, 0.6) is 0 Å². The summed E-state index contributed by atoms with van der Waals surface area (Å²) in [6, 6.07) is 93.4. The zero-order chi connectivity index (χ0) is 49.9. The molecule has 0 amide bonds. The fraction of sp³-hybridized carbons (Fsp3) is 0.0143. The van der Waals surface area contributed by atoms with E-state index in [9.17, 15) is 0 Å². The third-order valence-electron chi connectivity index (χ3n) is 15.9. The maximum atomic E-state index is 6.67. The van der Waals surface area contributed by atoms with E-state index in [1.165, 1.54) is 44.2 Å². The number of aromatic nitrogens is 5. The Kier molecular flexibility index (Phi) is 9.15. The average molecular weight is 970 g/mol. The van der Waals surface area contributed by atoms with Crippen LogP contribution in [0.3, 0.4) is 0 Å². The van der Waals surface area contributed by atoms with Gasteiger partial charge in [0.05, 0.1) is 27.5 Å². The van der Waals surface area contributed by atoms with Crippen molar-refractivity contribution >= 4 is 65.6 Å². The van der Waals surface area contributed by atoms with Gasteiger partial charge in [0.1, 0.15) is 11.2 Å². The summed E-state index contributed by atoms with van der Waals surface area (Å²) in [5.41, 5.74) is 17.8. The monoisotopic (exact) mass is 969 g/mol. The molecule has 0 bridgehead atoms. The van der Waals surface area contributed by atoms with Gasteiger partial charge in [-0.1, -0.05) is 200 Å². The number of fused-ring (bicyclic) bond motifs is 12. The van der Waals surface area contributed by atoms with Crippen LogP contribution < -0.4 is 0 Å². The number of hydrogen-bond donors (Lipinski definition) is 0. The van der Waals surface area contributed by atoms with E-state index >= 15 is 0 Å². The lowest BCUT2D eigenvalue weighted by molar-refractivity contribution is 0.669. The van der Waals surface area contributed by atoms with E-state index in [4.69, 9.17) is 19.4 Å². The van der Waals surface area contributed by atoms with Crippen molar-refractivity contribution in [3.63, 3.8) is 0 Å². The summed E-state index contributed by atoms with van der Waals surface area (Å²) >= 11 is 0. The van der Waals surface area contributed by atoms with Crippen molar-refractivity contribution in [2.75, 3.05) is 0 Å². The summed E-state index contributed by atoms with van der Waals surface area (Å²) in [5, 5.41) is 6.76. The van der Waals surface area contributed by atoms with Crippen LogP contribution in [-0.2, 0) is 5.41 Å². The largest absolute Gasteiger partial charge is 0.456 e. The first-order valence-electron chi connectivity index (χ1n) is 25.8. The summed E-state index contributed by atoms with van der Waals surface area (Å²) < 4.78 is 11.3. The van der Waals surface area contributed by atoms with Crippen molar-refractivity contribution in [1.29, 1.82) is 0 Å². The minimum absolute atomic E-state index is 0.532. The second-order valence-electron chi connectivity index (χ2n) is 19.9. The molecule has 6 nitrogen and oxygen atoms in total. The molecule has 0 atom stereocenters. The summed E-state index contributed by atoms with van der Waals surface area (Å²) in [6.45, 7) is 0. The molecule has 4 aromatic heterocycles. The number of rotatable bonds is 7. The number of para-hydroxylation sites is 3. The first kappa shape index (κ1) is 42.3. The van der Waals surface area contributed by atoms with E-state index in [0.29, 0.717) is 17.6 Å². The maximum absolute atomic E-state index is 6.67. The van der Waals surface area contributed by atoms with E-state index in [1.807, 2.05) is 12.1 Å². The number of benzene rings is 11. The van der Waals surface area contributed by atoms with Crippen LogP contribution in [0.15, 0.2) is 265 Å². The van der Waals surface area contributed by atoms with Crippen LogP contribution in [0.4, 0.5) is 0 Å². The molecule has 0 fully saturated rings. The van der Waals surface area contributed by atoms with Gasteiger partial charge in [-0.3, -0.25) is 4.57 Å². The predicted molar refractivity (Wildman–Crippen MR) is 309 cm³/mol. The van der Waals surface area contributed by atoms with Crippen LogP contribution in [0, 0.1) is 0 Å². The van der Waals surface area contributed by atoms with Gasteiger partial charge in [0.15, 0.2) is 11.6 Å². The standard InChI is InChI=1S/C70H43N5O/c1-4-20-44(21-5-1)50-32-19-37-64-66(50)55-39-38-46(41-65(55)76-64)68-71-67(72-69(73-68)75-61-35-16-11-29-52(61)53-30-12-17-36-62(53)75)45-22-18-27-49(40-45)74-60-34-15-13-31-54(60)57-42-56-51-28-10-14-33-58(51)70(59(56)43-63(57)74,47-23-6-2-7-24-47)48-25-8-3-9-26-48/h1-43H. The Morgan fingerprint density at radius 2 is 0.868 bits per heavy atom. The zero-order valence-corrected chi connectivity index (χ0v) is 41.0. The second kappa shape index (κ2) is 16.4. The molecule has 0 N–H and O–H groups in total. The molecule has 0 radical (unpaired) electrons. The van der Waals surface area contributed by atoms with Crippen LogP contribution in [-0.4, -0.2) is 24.1 Å². The van der Waals surface area contributed by atoms with Gasteiger partial charge in [-0.25, -0.2) is 4.98 Å². The van der Waals surface area contributed by atoms with Crippen molar-refractivity contribution in [3.8, 4) is 56.7 Å². The highest BCUT2D eigenvalue weighted by Crippen LogP contribution is 2.57. The Hall–Kier alpha value is -10.2. The second-order valence-corrected chi connectivity index (χ2v) is 19.9. The molecular formula is C70H43N5O. The van der Waals surface area contributed by atoms with Gasteiger partial charge in [0.2, 0.25) is 5.95 Å². The summed E-state index contributed by atoms with van der Waals surface area (Å²) in [5.74, 6) is 1.64. The molecule has 76 heavy (non-hydrogen) atoms. The minimum atomic E-state index is -0.550. The highest BCUT2D eigenvalue weighted by molar-refractivity contribution is 6.14. The van der Waals surface area contributed by atoms with Gasteiger partial charge in [0, 0.05) is 49.1 Å². The molecular weight excluding hydrogens is 927 g/mol. The fourth-order valence-corrected chi connectivity index (χ4v) is 12.6. The molecule has 6 heteroatoms. The molecule has 0 saturated carbocycles. The lowest BCUT2D eigenvalue weighted by Crippen LogP contribution is -2.28. The molecule has 0 aliphatic heterocycles. The molecule has 4 heterocycles. The quantitative estimate of drug-likeness (QED) is 0.160. The Bertz CT molecular complexity index is 4730. The Morgan fingerprint density at radius 3 is 1.57 bits per heavy atom. The number of nitrogens with zero attached hydrogens (tertiary/aromatic N) is 5. The lowest BCUT2D eigenvalue weighted by atomic mass is 9.67. The molecule has 354 valence electrons. The summed E-state index contributed by atoms with van der Waals surface area (Å²) in [6.07, 6.45) is 0. The molecule has 0 unspecified atom stereocenters. The summed E-state index contributed by atoms with van der Waals surface area (Å²) in [7, 11) is 0. The van der Waals surface area contributed by atoms with Crippen LogP contribution >= 0.6 is 0 Å². The maximum Gasteiger partial charge on any atom is 0.238 e. The van der Waals surface area contributed by atoms with Gasteiger partial charge < -0.3 is 8.98 Å². The first-order valence-corrected chi connectivity index (χ1v) is 25.8. The van der Waals surface area contributed by atoms with Gasteiger partial charge in [-0.05, 0) is 105 Å². The average Bonchev–Trinajstić information content (AvgIpc) is 4.38. The highest BCUT2D eigenvalue weighted by Gasteiger charge is 2.46. The smallest absolute Gasteiger partial charge is 0.238 e. The van der Waals surface area contributed by atoms with Crippen molar-refractivity contribution in [3.05, 3.63) is 283 Å². The Morgan fingerprint density at radius 1 is 0.316 bits per heavy atom. The van der Waals surface area contributed by atoms with E-state index < -0.39 is 5.41 Å². The third-order valence-corrected chi connectivity index (χ3v) is 15.9. The van der Waals surface area contributed by atoms with Crippen molar-refractivity contribution in [2.24, 2.45) is 0 Å². The van der Waals surface area contributed by atoms with Gasteiger partial charge in [0.25, 0.3) is 0 Å². The summed E-state index contributed by atoms with van der Waals surface area (Å²) in [4.78, 5) is 16.2. The van der Waals surface area contributed by atoms with Crippen molar-refractivity contribution in [1.82, 2.24) is 24.1 Å². The first-order chi connectivity index (χ1) is 37.7. The van der Waals surface area contributed by atoms with Crippen LogP contribution in [0.1, 0.15) is 22.3 Å².